The first-order valence-electron chi connectivity index (χ1n) is 9.91. The molecular weight excluding hydrogens is 355 g/mol. The Kier molecular flexibility index (Phi) is 6.80. The third kappa shape index (κ3) is 5.41. The summed E-state index contributed by atoms with van der Waals surface area (Å²) in [6.45, 7) is 2.13. The van der Waals surface area contributed by atoms with Crippen LogP contribution in [0.3, 0.4) is 0 Å². The van der Waals surface area contributed by atoms with Crippen molar-refractivity contribution >= 4 is 11.8 Å². The first kappa shape index (κ1) is 20.1. The summed E-state index contributed by atoms with van der Waals surface area (Å²) >= 11 is 0. The van der Waals surface area contributed by atoms with Gasteiger partial charge >= 0.3 is 0 Å². The van der Waals surface area contributed by atoms with Crippen LogP contribution >= 0.6 is 0 Å². The van der Waals surface area contributed by atoms with E-state index in [1.807, 2.05) is 30.3 Å². The van der Waals surface area contributed by atoms with E-state index in [0.29, 0.717) is 6.54 Å². The minimum absolute atomic E-state index is 0.115. The Morgan fingerprint density at radius 2 is 1.68 bits per heavy atom. The highest BCUT2D eigenvalue weighted by molar-refractivity contribution is 5.88. The maximum atomic E-state index is 13.1. The lowest BCUT2D eigenvalue weighted by atomic mass is 10.1. The number of benzene rings is 2. The van der Waals surface area contributed by atoms with E-state index in [1.165, 1.54) is 12.1 Å². The summed E-state index contributed by atoms with van der Waals surface area (Å²) in [4.78, 5) is 27.4. The Balaban J connectivity index is 1.73. The maximum Gasteiger partial charge on any atom is 0.242 e. The van der Waals surface area contributed by atoms with Gasteiger partial charge in [0.15, 0.2) is 0 Å². The summed E-state index contributed by atoms with van der Waals surface area (Å²) in [7, 11) is 0. The number of nitrogens with zero attached hydrogens (tertiary/aromatic N) is 1. The molecule has 1 saturated carbocycles. The van der Waals surface area contributed by atoms with Gasteiger partial charge in [-0.05, 0) is 43.0 Å². The predicted molar refractivity (Wildman–Crippen MR) is 107 cm³/mol. The van der Waals surface area contributed by atoms with Crippen molar-refractivity contribution < 1.29 is 14.0 Å². The zero-order valence-corrected chi connectivity index (χ0v) is 16.2. The first-order chi connectivity index (χ1) is 13.5. The number of carbonyl (C=O) groups is 2. The monoisotopic (exact) mass is 382 g/mol. The van der Waals surface area contributed by atoms with E-state index in [4.69, 9.17) is 0 Å². The van der Waals surface area contributed by atoms with Crippen LogP contribution in [0.4, 0.5) is 4.39 Å². The molecule has 0 bridgehead atoms. The Hall–Kier alpha value is -2.69. The summed E-state index contributed by atoms with van der Waals surface area (Å²) in [6, 6.07) is 15.2. The average Bonchev–Trinajstić information content (AvgIpc) is 3.21. The van der Waals surface area contributed by atoms with Crippen LogP contribution in [0, 0.1) is 5.82 Å². The molecule has 2 amide bonds. The second kappa shape index (κ2) is 9.49. The van der Waals surface area contributed by atoms with E-state index in [2.05, 4.69) is 5.32 Å². The van der Waals surface area contributed by atoms with Crippen LogP contribution in [0.2, 0.25) is 0 Å². The number of rotatable bonds is 7. The van der Waals surface area contributed by atoms with Crippen LogP contribution in [-0.2, 0) is 22.6 Å². The minimum atomic E-state index is -0.575. The van der Waals surface area contributed by atoms with Crippen molar-refractivity contribution in [2.45, 2.75) is 57.7 Å². The Morgan fingerprint density at radius 3 is 2.32 bits per heavy atom. The predicted octanol–water partition coefficient (Wildman–Crippen LogP) is 3.84. The van der Waals surface area contributed by atoms with Crippen molar-refractivity contribution in [1.29, 1.82) is 0 Å². The fourth-order valence-corrected chi connectivity index (χ4v) is 3.63. The van der Waals surface area contributed by atoms with Crippen molar-refractivity contribution in [3.8, 4) is 0 Å². The van der Waals surface area contributed by atoms with Crippen molar-refractivity contribution in [2.75, 3.05) is 0 Å². The topological polar surface area (TPSA) is 49.4 Å². The molecule has 1 aliphatic rings. The normalized spacial score (nSPS) is 15.2. The highest BCUT2D eigenvalue weighted by Crippen LogP contribution is 2.19. The van der Waals surface area contributed by atoms with E-state index in [1.54, 1.807) is 24.0 Å². The Labute approximate surface area is 165 Å². The number of hydrogen-bond acceptors (Lipinski definition) is 2. The number of halogens is 1. The van der Waals surface area contributed by atoms with Crippen LogP contribution in [0.25, 0.3) is 0 Å². The first-order valence-corrected chi connectivity index (χ1v) is 9.91. The number of hydrogen-bond donors (Lipinski definition) is 1. The molecule has 0 aliphatic heterocycles. The summed E-state index contributed by atoms with van der Waals surface area (Å²) in [5.74, 6) is -0.596. The minimum Gasteiger partial charge on any atom is -0.352 e. The molecule has 148 valence electrons. The van der Waals surface area contributed by atoms with Gasteiger partial charge in [-0.25, -0.2) is 4.39 Å². The molecule has 1 atom stereocenters. The van der Waals surface area contributed by atoms with Crippen LogP contribution in [0.15, 0.2) is 54.6 Å². The molecule has 1 fully saturated rings. The van der Waals surface area contributed by atoms with Gasteiger partial charge in [0.25, 0.3) is 0 Å². The zero-order valence-electron chi connectivity index (χ0n) is 16.2. The molecule has 0 saturated heterocycles. The fourth-order valence-electron chi connectivity index (χ4n) is 3.63. The largest absolute Gasteiger partial charge is 0.352 e. The van der Waals surface area contributed by atoms with E-state index in [-0.39, 0.29) is 30.1 Å². The number of carbonyl (C=O) groups excluding carboxylic acids is 2. The van der Waals surface area contributed by atoms with Gasteiger partial charge in [0.2, 0.25) is 11.8 Å². The maximum absolute atomic E-state index is 13.1. The molecule has 2 aromatic rings. The molecule has 0 unspecified atom stereocenters. The fraction of sp³-hybridized carbons (Fsp3) is 0.391. The van der Waals surface area contributed by atoms with Crippen molar-refractivity contribution in [1.82, 2.24) is 10.2 Å². The molecule has 28 heavy (non-hydrogen) atoms. The summed E-state index contributed by atoms with van der Waals surface area (Å²) in [5.41, 5.74) is 1.70. The molecule has 1 N–H and O–H groups in total. The summed E-state index contributed by atoms with van der Waals surface area (Å²) < 4.78 is 13.1. The lowest BCUT2D eigenvalue weighted by molar-refractivity contribution is -0.140. The highest BCUT2D eigenvalue weighted by atomic mass is 19.1. The van der Waals surface area contributed by atoms with Gasteiger partial charge in [0, 0.05) is 12.6 Å². The quantitative estimate of drug-likeness (QED) is 0.791. The van der Waals surface area contributed by atoms with Crippen molar-refractivity contribution in [3.05, 3.63) is 71.5 Å². The molecule has 0 spiro atoms. The lowest BCUT2D eigenvalue weighted by Gasteiger charge is -2.30. The standard InChI is InChI=1S/C23H27FN2O2/c1-17(23(28)25-21-9-5-6-10-21)26(16-19-7-3-2-4-8-19)22(27)15-18-11-13-20(24)14-12-18/h2-4,7-8,11-14,17,21H,5-6,9-10,15-16H2,1H3,(H,25,28)/t17-/m0/s1. The van der Waals surface area contributed by atoms with E-state index < -0.39 is 6.04 Å². The zero-order chi connectivity index (χ0) is 19.9. The van der Waals surface area contributed by atoms with Crippen LogP contribution in [-0.4, -0.2) is 28.8 Å². The van der Waals surface area contributed by atoms with Gasteiger partial charge in [-0.15, -0.1) is 0 Å². The summed E-state index contributed by atoms with van der Waals surface area (Å²) in [6.07, 6.45) is 4.41. The van der Waals surface area contributed by atoms with Gasteiger partial charge in [0.1, 0.15) is 11.9 Å². The third-order valence-corrected chi connectivity index (χ3v) is 5.33. The second-order valence-corrected chi connectivity index (χ2v) is 7.48. The molecule has 0 aromatic heterocycles. The molecule has 3 rings (SSSR count). The van der Waals surface area contributed by atoms with E-state index in [9.17, 15) is 14.0 Å². The van der Waals surface area contributed by atoms with Gasteiger partial charge in [-0.2, -0.15) is 0 Å². The SMILES string of the molecule is C[C@@H](C(=O)NC1CCCC1)N(Cc1ccccc1)C(=O)Cc1ccc(F)cc1. The van der Waals surface area contributed by atoms with Crippen LogP contribution < -0.4 is 5.32 Å². The van der Waals surface area contributed by atoms with E-state index in [0.717, 1.165) is 36.8 Å². The molecule has 0 radical (unpaired) electrons. The van der Waals surface area contributed by atoms with Gasteiger partial charge in [0.05, 0.1) is 6.42 Å². The van der Waals surface area contributed by atoms with Gasteiger partial charge in [-0.3, -0.25) is 9.59 Å². The molecule has 0 heterocycles. The molecule has 1 aliphatic carbocycles. The lowest BCUT2D eigenvalue weighted by Crippen LogP contribution is -2.50. The number of nitrogens with one attached hydrogen (secondary N) is 1. The van der Waals surface area contributed by atoms with E-state index >= 15 is 0 Å². The van der Waals surface area contributed by atoms with Gasteiger partial charge in [-0.1, -0.05) is 55.3 Å². The van der Waals surface area contributed by atoms with Gasteiger partial charge < -0.3 is 10.2 Å². The second-order valence-electron chi connectivity index (χ2n) is 7.48. The average molecular weight is 382 g/mol. The Bertz CT molecular complexity index is 786. The third-order valence-electron chi connectivity index (χ3n) is 5.33. The molecule has 4 nitrogen and oxygen atoms in total. The highest BCUT2D eigenvalue weighted by Gasteiger charge is 2.28. The molecule has 5 heteroatoms. The van der Waals surface area contributed by atoms with Crippen molar-refractivity contribution in [2.24, 2.45) is 0 Å². The van der Waals surface area contributed by atoms with Crippen LogP contribution in [0.5, 0.6) is 0 Å². The molecular formula is C23H27FN2O2. The smallest absolute Gasteiger partial charge is 0.242 e. The number of amides is 2. The van der Waals surface area contributed by atoms with Crippen molar-refractivity contribution in [3.63, 3.8) is 0 Å². The Morgan fingerprint density at radius 1 is 1.04 bits per heavy atom. The van der Waals surface area contributed by atoms with Crippen LogP contribution in [0.1, 0.15) is 43.7 Å². The molecule has 2 aromatic carbocycles. The summed E-state index contributed by atoms with van der Waals surface area (Å²) in [5, 5.41) is 3.09.